The Morgan fingerprint density at radius 1 is 1.04 bits per heavy atom. The molecule has 0 radical (unpaired) electrons. The van der Waals surface area contributed by atoms with Gasteiger partial charge in [-0.3, -0.25) is 4.79 Å². The van der Waals surface area contributed by atoms with Gasteiger partial charge in [0.25, 0.3) is 5.91 Å². The van der Waals surface area contributed by atoms with Crippen LogP contribution in [-0.2, 0) is 10.0 Å². The molecule has 0 fully saturated rings. The molecule has 2 aromatic rings. The molecule has 0 aliphatic heterocycles. The van der Waals surface area contributed by atoms with Gasteiger partial charge in [-0.05, 0) is 43.1 Å². The molecular formula is C19H24N2O3S. The molecular weight excluding hydrogens is 336 g/mol. The van der Waals surface area contributed by atoms with Crippen LogP contribution in [0.2, 0.25) is 0 Å². The van der Waals surface area contributed by atoms with E-state index in [9.17, 15) is 13.2 Å². The number of sulfonamides is 1. The average Bonchev–Trinajstić information content (AvgIpc) is 2.61. The van der Waals surface area contributed by atoms with E-state index in [1.165, 1.54) is 19.2 Å². The highest BCUT2D eigenvalue weighted by Crippen LogP contribution is 2.22. The van der Waals surface area contributed by atoms with Crippen molar-refractivity contribution in [3.63, 3.8) is 0 Å². The van der Waals surface area contributed by atoms with Crippen LogP contribution >= 0.6 is 0 Å². The number of hydrogen-bond acceptors (Lipinski definition) is 3. The number of nitrogens with one attached hydrogen (secondary N) is 2. The smallest absolute Gasteiger partial charge is 0.251 e. The first-order valence-corrected chi connectivity index (χ1v) is 9.71. The summed E-state index contributed by atoms with van der Waals surface area (Å²) in [6.45, 7) is 4.20. The molecule has 0 spiro atoms. The van der Waals surface area contributed by atoms with Gasteiger partial charge in [-0.15, -0.1) is 0 Å². The first kappa shape index (κ1) is 19.1. The molecule has 0 aromatic heterocycles. The molecule has 0 aliphatic rings. The highest BCUT2D eigenvalue weighted by molar-refractivity contribution is 7.89. The van der Waals surface area contributed by atoms with Crippen molar-refractivity contribution in [1.82, 2.24) is 10.0 Å². The minimum absolute atomic E-state index is 0.0720. The summed E-state index contributed by atoms with van der Waals surface area (Å²) in [6.07, 6.45) is 0.796. The van der Waals surface area contributed by atoms with Crippen molar-refractivity contribution in [2.24, 2.45) is 5.92 Å². The molecule has 2 aromatic carbocycles. The lowest BCUT2D eigenvalue weighted by atomic mass is 9.96. The predicted molar refractivity (Wildman–Crippen MR) is 98.8 cm³/mol. The first-order chi connectivity index (χ1) is 11.8. The van der Waals surface area contributed by atoms with Crippen LogP contribution < -0.4 is 10.0 Å². The Morgan fingerprint density at radius 2 is 1.72 bits per heavy atom. The summed E-state index contributed by atoms with van der Waals surface area (Å²) in [5, 5.41) is 3.02. The first-order valence-electron chi connectivity index (χ1n) is 8.23. The second-order valence-electron chi connectivity index (χ2n) is 6.30. The number of benzene rings is 2. The van der Waals surface area contributed by atoms with E-state index in [1.54, 1.807) is 12.1 Å². The van der Waals surface area contributed by atoms with Crippen LogP contribution in [0.3, 0.4) is 0 Å². The second kappa shape index (κ2) is 8.27. The van der Waals surface area contributed by atoms with E-state index in [0.717, 1.165) is 12.0 Å². The van der Waals surface area contributed by atoms with Gasteiger partial charge < -0.3 is 5.32 Å². The molecule has 0 saturated heterocycles. The average molecular weight is 360 g/mol. The van der Waals surface area contributed by atoms with Crippen LogP contribution in [0.25, 0.3) is 0 Å². The fraction of sp³-hybridized carbons (Fsp3) is 0.316. The maximum absolute atomic E-state index is 12.7. The second-order valence-corrected chi connectivity index (χ2v) is 8.19. The standard InChI is InChI=1S/C19H24N2O3S/c1-14(2)12-18(15-8-5-4-6-9-15)21-19(22)16-10-7-11-17(13-16)25(23,24)20-3/h4-11,13-14,18,20H,12H2,1-3H3,(H,21,22)/t18-/m1/s1. The van der Waals surface area contributed by atoms with Crippen molar-refractivity contribution in [2.75, 3.05) is 7.05 Å². The molecule has 0 heterocycles. The molecule has 6 heteroatoms. The zero-order valence-corrected chi connectivity index (χ0v) is 15.5. The Labute approximate surface area is 149 Å². The minimum Gasteiger partial charge on any atom is -0.345 e. The molecule has 134 valence electrons. The maximum Gasteiger partial charge on any atom is 0.251 e. The van der Waals surface area contributed by atoms with Gasteiger partial charge in [0.15, 0.2) is 0 Å². The highest BCUT2D eigenvalue weighted by Gasteiger charge is 2.19. The fourth-order valence-corrected chi connectivity index (χ4v) is 3.37. The summed E-state index contributed by atoms with van der Waals surface area (Å²) < 4.78 is 26.1. The van der Waals surface area contributed by atoms with E-state index in [-0.39, 0.29) is 16.8 Å². The SMILES string of the molecule is CNS(=O)(=O)c1cccc(C(=O)N[C@H](CC(C)C)c2ccccc2)c1. The largest absolute Gasteiger partial charge is 0.345 e. The molecule has 0 aliphatic carbocycles. The van der Waals surface area contributed by atoms with E-state index < -0.39 is 10.0 Å². The van der Waals surface area contributed by atoms with E-state index in [0.29, 0.717) is 11.5 Å². The number of carbonyl (C=O) groups is 1. The van der Waals surface area contributed by atoms with Crippen LogP contribution in [0, 0.1) is 5.92 Å². The molecule has 5 nitrogen and oxygen atoms in total. The molecule has 0 bridgehead atoms. The lowest BCUT2D eigenvalue weighted by Gasteiger charge is -2.21. The fourth-order valence-electron chi connectivity index (χ4n) is 2.60. The number of hydrogen-bond donors (Lipinski definition) is 2. The third-order valence-corrected chi connectivity index (χ3v) is 5.30. The van der Waals surface area contributed by atoms with E-state index in [2.05, 4.69) is 23.9 Å². The Hall–Kier alpha value is -2.18. The monoisotopic (exact) mass is 360 g/mol. The molecule has 25 heavy (non-hydrogen) atoms. The van der Waals surface area contributed by atoms with Crippen LogP contribution in [0.15, 0.2) is 59.5 Å². The molecule has 1 atom stereocenters. The summed E-state index contributed by atoms with van der Waals surface area (Å²) >= 11 is 0. The summed E-state index contributed by atoms with van der Waals surface area (Å²) in [5.41, 5.74) is 1.35. The van der Waals surface area contributed by atoms with Crippen molar-refractivity contribution in [2.45, 2.75) is 31.2 Å². The Morgan fingerprint density at radius 3 is 2.32 bits per heavy atom. The highest BCUT2D eigenvalue weighted by atomic mass is 32.2. The summed E-state index contributed by atoms with van der Waals surface area (Å²) in [6, 6.07) is 15.7. The van der Waals surface area contributed by atoms with E-state index >= 15 is 0 Å². The van der Waals surface area contributed by atoms with Crippen LogP contribution in [0.4, 0.5) is 0 Å². The zero-order chi connectivity index (χ0) is 18.4. The van der Waals surface area contributed by atoms with Gasteiger partial charge >= 0.3 is 0 Å². The zero-order valence-electron chi connectivity index (χ0n) is 14.7. The van der Waals surface area contributed by atoms with Crippen molar-refractivity contribution in [3.05, 3.63) is 65.7 Å². The molecule has 1 amide bonds. The minimum atomic E-state index is -3.58. The Kier molecular flexibility index (Phi) is 6.33. The van der Waals surface area contributed by atoms with Crippen molar-refractivity contribution in [1.29, 1.82) is 0 Å². The topological polar surface area (TPSA) is 75.3 Å². The van der Waals surface area contributed by atoms with Crippen molar-refractivity contribution >= 4 is 15.9 Å². The van der Waals surface area contributed by atoms with Gasteiger partial charge in [0, 0.05) is 5.56 Å². The van der Waals surface area contributed by atoms with Crippen LogP contribution in [0.5, 0.6) is 0 Å². The number of amides is 1. The third-order valence-electron chi connectivity index (χ3n) is 3.89. The van der Waals surface area contributed by atoms with E-state index in [1.807, 2.05) is 30.3 Å². The number of rotatable bonds is 7. The van der Waals surface area contributed by atoms with E-state index in [4.69, 9.17) is 0 Å². The Balaban J connectivity index is 2.25. The van der Waals surface area contributed by atoms with Gasteiger partial charge in [0.2, 0.25) is 10.0 Å². The van der Waals surface area contributed by atoms with Gasteiger partial charge in [0.05, 0.1) is 10.9 Å². The maximum atomic E-state index is 12.7. The van der Waals surface area contributed by atoms with Gasteiger partial charge in [0.1, 0.15) is 0 Å². The summed E-state index contributed by atoms with van der Waals surface area (Å²) in [4.78, 5) is 12.7. The molecule has 2 N–H and O–H groups in total. The van der Waals surface area contributed by atoms with Gasteiger partial charge in [-0.1, -0.05) is 50.2 Å². The van der Waals surface area contributed by atoms with Gasteiger partial charge in [-0.25, -0.2) is 13.1 Å². The number of carbonyl (C=O) groups excluding carboxylic acids is 1. The molecule has 2 rings (SSSR count). The third kappa shape index (κ3) is 5.14. The molecule has 0 saturated carbocycles. The predicted octanol–water partition coefficient (Wildman–Crippen LogP) is 3.11. The molecule has 0 unspecified atom stereocenters. The lowest BCUT2D eigenvalue weighted by molar-refractivity contribution is 0.0931. The Bertz CT molecular complexity index is 818. The summed E-state index contributed by atoms with van der Waals surface area (Å²) in [7, 11) is -2.24. The quantitative estimate of drug-likeness (QED) is 0.797. The lowest BCUT2D eigenvalue weighted by Crippen LogP contribution is -2.29. The van der Waals surface area contributed by atoms with Gasteiger partial charge in [-0.2, -0.15) is 0 Å². The van der Waals surface area contributed by atoms with Crippen LogP contribution in [-0.4, -0.2) is 21.4 Å². The van der Waals surface area contributed by atoms with Crippen molar-refractivity contribution < 1.29 is 13.2 Å². The normalized spacial score (nSPS) is 12.8. The summed E-state index contributed by atoms with van der Waals surface area (Å²) in [5.74, 6) is 0.115. The van der Waals surface area contributed by atoms with Crippen molar-refractivity contribution in [3.8, 4) is 0 Å². The van der Waals surface area contributed by atoms with Crippen LogP contribution in [0.1, 0.15) is 42.2 Å².